The van der Waals surface area contributed by atoms with Crippen molar-refractivity contribution in [2.45, 2.75) is 6.61 Å². The first-order valence-electron chi connectivity index (χ1n) is 5.53. The predicted octanol–water partition coefficient (Wildman–Crippen LogP) is 3.18. The Morgan fingerprint density at radius 1 is 1.11 bits per heavy atom. The van der Waals surface area contributed by atoms with E-state index in [4.69, 9.17) is 22.7 Å². The van der Waals surface area contributed by atoms with Crippen LogP contribution in [0.3, 0.4) is 0 Å². The predicted molar refractivity (Wildman–Crippen MR) is 73.0 cm³/mol. The third-order valence-corrected chi connectivity index (χ3v) is 2.80. The van der Waals surface area contributed by atoms with Gasteiger partial charge in [-0.3, -0.25) is 0 Å². The maximum absolute atomic E-state index is 13.4. The van der Waals surface area contributed by atoms with E-state index in [2.05, 4.69) is 0 Å². The van der Waals surface area contributed by atoms with Gasteiger partial charge < -0.3 is 10.5 Å². The molecule has 19 heavy (non-hydrogen) atoms. The summed E-state index contributed by atoms with van der Waals surface area (Å²) in [4.78, 5) is 0.294. The largest absolute Gasteiger partial charge is 0.489 e. The van der Waals surface area contributed by atoms with Crippen LogP contribution in [0, 0.1) is 11.6 Å². The van der Waals surface area contributed by atoms with Crippen LogP contribution < -0.4 is 10.5 Å². The summed E-state index contributed by atoms with van der Waals surface area (Å²) < 4.78 is 31.7. The Morgan fingerprint density at radius 2 is 1.79 bits per heavy atom. The van der Waals surface area contributed by atoms with Gasteiger partial charge in [0.15, 0.2) is 11.6 Å². The van der Waals surface area contributed by atoms with Gasteiger partial charge in [-0.25, -0.2) is 8.78 Å². The summed E-state index contributed by atoms with van der Waals surface area (Å²) in [6.45, 7) is -0.0456. The summed E-state index contributed by atoms with van der Waals surface area (Å²) >= 11 is 4.82. The number of ether oxygens (including phenoxy) is 1. The fraction of sp³-hybridized carbons (Fsp3) is 0.0714. The Kier molecular flexibility index (Phi) is 4.06. The summed E-state index contributed by atoms with van der Waals surface area (Å²) in [5.41, 5.74) is 6.35. The number of halogens is 2. The first-order chi connectivity index (χ1) is 9.08. The number of rotatable bonds is 4. The van der Waals surface area contributed by atoms with E-state index in [-0.39, 0.29) is 12.2 Å². The van der Waals surface area contributed by atoms with Crippen LogP contribution in [-0.4, -0.2) is 4.99 Å². The molecular formula is C14H11F2NOS. The molecule has 0 spiro atoms. The highest BCUT2D eigenvalue weighted by Crippen LogP contribution is 2.17. The van der Waals surface area contributed by atoms with Crippen LogP contribution in [0.4, 0.5) is 8.78 Å². The van der Waals surface area contributed by atoms with Crippen LogP contribution in [0.1, 0.15) is 11.1 Å². The van der Waals surface area contributed by atoms with Gasteiger partial charge >= 0.3 is 0 Å². The van der Waals surface area contributed by atoms with Crippen LogP contribution in [0.2, 0.25) is 0 Å². The van der Waals surface area contributed by atoms with E-state index in [1.165, 1.54) is 12.1 Å². The van der Waals surface area contributed by atoms with Crippen molar-refractivity contribution in [2.75, 3.05) is 0 Å². The van der Waals surface area contributed by atoms with E-state index >= 15 is 0 Å². The van der Waals surface area contributed by atoms with Gasteiger partial charge in [0.05, 0.1) is 0 Å². The van der Waals surface area contributed by atoms with Crippen LogP contribution in [-0.2, 0) is 6.61 Å². The minimum Gasteiger partial charge on any atom is -0.489 e. The summed E-state index contributed by atoms with van der Waals surface area (Å²) in [5.74, 6) is -1.24. The Balaban J connectivity index is 2.06. The SMILES string of the molecule is NC(=S)c1ccc(OCc2cccc(F)c2F)cc1. The van der Waals surface area contributed by atoms with Crippen molar-refractivity contribution >= 4 is 17.2 Å². The van der Waals surface area contributed by atoms with Gasteiger partial charge in [-0.15, -0.1) is 0 Å². The molecule has 0 saturated carbocycles. The lowest BCUT2D eigenvalue weighted by Crippen LogP contribution is -2.08. The van der Waals surface area contributed by atoms with Gasteiger partial charge in [0.25, 0.3) is 0 Å². The second kappa shape index (κ2) is 5.75. The van der Waals surface area contributed by atoms with Crippen LogP contribution in [0.25, 0.3) is 0 Å². The van der Waals surface area contributed by atoms with Crippen LogP contribution in [0.15, 0.2) is 42.5 Å². The molecule has 0 aliphatic heterocycles. The molecule has 0 fully saturated rings. The fourth-order valence-electron chi connectivity index (χ4n) is 1.54. The first-order valence-corrected chi connectivity index (χ1v) is 5.94. The third kappa shape index (κ3) is 3.26. The maximum Gasteiger partial charge on any atom is 0.165 e. The molecule has 0 radical (unpaired) electrons. The summed E-state index contributed by atoms with van der Waals surface area (Å²) in [6, 6.07) is 10.7. The lowest BCUT2D eigenvalue weighted by atomic mass is 10.2. The summed E-state index contributed by atoms with van der Waals surface area (Å²) in [5, 5.41) is 0. The number of nitrogens with two attached hydrogens (primary N) is 1. The Bertz CT molecular complexity index is 599. The molecule has 2 aromatic rings. The van der Waals surface area contributed by atoms with Gasteiger partial charge in [-0.1, -0.05) is 24.4 Å². The van der Waals surface area contributed by atoms with Gasteiger partial charge in [-0.05, 0) is 30.3 Å². The second-order valence-corrected chi connectivity index (χ2v) is 4.33. The average molecular weight is 279 g/mol. The van der Waals surface area contributed by atoms with Crippen LogP contribution in [0.5, 0.6) is 5.75 Å². The molecule has 0 aliphatic rings. The van der Waals surface area contributed by atoms with Gasteiger partial charge in [0.1, 0.15) is 17.3 Å². The molecule has 0 bridgehead atoms. The van der Waals surface area contributed by atoms with E-state index in [0.717, 1.165) is 11.6 Å². The van der Waals surface area contributed by atoms with E-state index in [0.29, 0.717) is 10.7 Å². The topological polar surface area (TPSA) is 35.2 Å². The van der Waals surface area contributed by atoms with E-state index in [1.807, 2.05) is 0 Å². The van der Waals surface area contributed by atoms with Gasteiger partial charge in [-0.2, -0.15) is 0 Å². The molecule has 2 aromatic carbocycles. The zero-order chi connectivity index (χ0) is 13.8. The third-order valence-electron chi connectivity index (χ3n) is 2.56. The fourth-order valence-corrected chi connectivity index (χ4v) is 1.67. The highest BCUT2D eigenvalue weighted by molar-refractivity contribution is 7.80. The summed E-state index contributed by atoms with van der Waals surface area (Å²) in [6.07, 6.45) is 0. The highest BCUT2D eigenvalue weighted by atomic mass is 32.1. The molecule has 98 valence electrons. The molecule has 2 N–H and O–H groups in total. The molecule has 0 saturated heterocycles. The van der Waals surface area contributed by atoms with Crippen molar-refractivity contribution in [3.63, 3.8) is 0 Å². The Morgan fingerprint density at radius 3 is 2.42 bits per heavy atom. The van der Waals surface area contributed by atoms with Crippen molar-refractivity contribution in [1.29, 1.82) is 0 Å². The number of hydrogen-bond donors (Lipinski definition) is 1. The number of hydrogen-bond acceptors (Lipinski definition) is 2. The molecule has 2 rings (SSSR count). The van der Waals surface area contributed by atoms with Gasteiger partial charge in [0.2, 0.25) is 0 Å². The molecule has 0 unspecified atom stereocenters. The summed E-state index contributed by atoms with van der Waals surface area (Å²) in [7, 11) is 0. The highest BCUT2D eigenvalue weighted by Gasteiger charge is 2.08. The van der Waals surface area contributed by atoms with E-state index in [9.17, 15) is 8.78 Å². The smallest absolute Gasteiger partial charge is 0.165 e. The second-order valence-electron chi connectivity index (χ2n) is 3.89. The minimum absolute atomic E-state index is 0.0456. The van der Waals surface area contributed by atoms with Gasteiger partial charge in [0, 0.05) is 11.1 Å². The van der Waals surface area contributed by atoms with E-state index in [1.54, 1.807) is 24.3 Å². The molecular weight excluding hydrogens is 268 g/mol. The molecule has 0 heterocycles. The Labute approximate surface area is 114 Å². The number of benzene rings is 2. The van der Waals surface area contributed by atoms with E-state index < -0.39 is 11.6 Å². The quantitative estimate of drug-likeness (QED) is 0.873. The number of thiocarbonyl (C=S) groups is 1. The molecule has 2 nitrogen and oxygen atoms in total. The first kappa shape index (κ1) is 13.4. The molecule has 0 aliphatic carbocycles. The molecule has 0 aromatic heterocycles. The monoisotopic (exact) mass is 279 g/mol. The van der Waals surface area contributed by atoms with Crippen molar-refractivity contribution in [1.82, 2.24) is 0 Å². The van der Waals surface area contributed by atoms with Crippen LogP contribution >= 0.6 is 12.2 Å². The molecule has 0 amide bonds. The average Bonchev–Trinajstić information content (AvgIpc) is 2.41. The van der Waals surface area contributed by atoms with Crippen molar-refractivity contribution in [3.8, 4) is 5.75 Å². The normalized spacial score (nSPS) is 10.2. The molecule has 5 heteroatoms. The standard InChI is InChI=1S/C14H11F2NOS/c15-12-3-1-2-10(13(12)16)8-18-11-6-4-9(5-7-11)14(17)19/h1-7H,8H2,(H2,17,19). The molecule has 0 atom stereocenters. The van der Waals surface area contributed by atoms with Crippen molar-refractivity contribution < 1.29 is 13.5 Å². The minimum atomic E-state index is -0.887. The lowest BCUT2D eigenvalue weighted by molar-refractivity contribution is 0.297. The maximum atomic E-state index is 13.4. The zero-order valence-corrected chi connectivity index (χ0v) is 10.7. The lowest BCUT2D eigenvalue weighted by Gasteiger charge is -2.08. The zero-order valence-electron chi connectivity index (χ0n) is 9.90. The van der Waals surface area contributed by atoms with Crippen molar-refractivity contribution in [3.05, 3.63) is 65.2 Å². The Hall–Kier alpha value is -2.01. The van der Waals surface area contributed by atoms with Crippen molar-refractivity contribution in [2.24, 2.45) is 5.73 Å².